The largest absolute Gasteiger partial charge is 0.461 e. The summed E-state index contributed by atoms with van der Waals surface area (Å²) in [5, 5.41) is 10.1. The fourth-order valence-corrected chi connectivity index (χ4v) is 7.77. The minimum absolute atomic E-state index is 0.277. The number of halogens is 1. The van der Waals surface area contributed by atoms with Gasteiger partial charge in [0, 0.05) is 55.9 Å². The molecule has 7 rings (SSSR count). The molecule has 1 unspecified atom stereocenters. The van der Waals surface area contributed by atoms with Crippen molar-refractivity contribution in [2.24, 2.45) is 0 Å². The summed E-state index contributed by atoms with van der Waals surface area (Å²) in [6.45, 7) is 5.05. The molecule has 1 aromatic heterocycles. The highest BCUT2D eigenvalue weighted by atomic mass is 19.1. The third kappa shape index (κ3) is 4.30. The van der Waals surface area contributed by atoms with Crippen LogP contribution in [0, 0.1) is 11.3 Å². The van der Waals surface area contributed by atoms with Crippen LogP contribution >= 0.6 is 0 Å². The highest BCUT2D eigenvalue weighted by molar-refractivity contribution is 5.63. The van der Waals surface area contributed by atoms with Gasteiger partial charge in [-0.25, -0.2) is 4.39 Å². The number of hydrogen-bond donors (Lipinski definition) is 1. The minimum Gasteiger partial charge on any atom is -0.461 e. The summed E-state index contributed by atoms with van der Waals surface area (Å²) in [6.07, 6.45) is 5.76. The van der Waals surface area contributed by atoms with E-state index in [0.717, 1.165) is 93.0 Å². The van der Waals surface area contributed by atoms with E-state index in [1.54, 1.807) is 0 Å². The zero-order chi connectivity index (χ0) is 27.3. The van der Waals surface area contributed by atoms with E-state index in [1.165, 1.54) is 0 Å². The number of anilines is 2. The van der Waals surface area contributed by atoms with Gasteiger partial charge in [0.15, 0.2) is 0 Å². The van der Waals surface area contributed by atoms with E-state index in [2.05, 4.69) is 15.9 Å². The average Bonchev–Trinajstić information content (AvgIpc) is 3.33. The van der Waals surface area contributed by atoms with Gasteiger partial charge in [0.1, 0.15) is 30.3 Å². The number of nitriles is 1. The van der Waals surface area contributed by atoms with Gasteiger partial charge in [-0.2, -0.15) is 15.2 Å². The van der Waals surface area contributed by atoms with Gasteiger partial charge in [-0.3, -0.25) is 4.90 Å². The quantitative estimate of drug-likeness (QED) is 0.575. The van der Waals surface area contributed by atoms with Gasteiger partial charge in [0.2, 0.25) is 0 Å². The molecular formula is C30H37FN6O3. The number of benzene rings is 1. The zero-order valence-corrected chi connectivity index (χ0v) is 23.0. The van der Waals surface area contributed by atoms with Crippen molar-refractivity contribution in [3.63, 3.8) is 0 Å². The zero-order valence-electron chi connectivity index (χ0n) is 23.0. The van der Waals surface area contributed by atoms with Crippen molar-refractivity contribution in [2.75, 3.05) is 56.6 Å². The molecule has 1 aromatic carbocycles. The first kappa shape index (κ1) is 25.9. The molecule has 0 bridgehead atoms. The lowest BCUT2D eigenvalue weighted by Gasteiger charge is -2.43. The van der Waals surface area contributed by atoms with Crippen molar-refractivity contribution in [1.29, 1.82) is 5.26 Å². The molecule has 5 heterocycles. The monoisotopic (exact) mass is 548 g/mol. The number of alkyl halides is 1. The number of aromatic nitrogens is 2. The number of fused-ring (bicyclic) bond motifs is 4. The van der Waals surface area contributed by atoms with Crippen molar-refractivity contribution in [3.05, 3.63) is 40.1 Å². The van der Waals surface area contributed by atoms with Gasteiger partial charge in [0.25, 0.3) is 0 Å². The second-order valence-electron chi connectivity index (χ2n) is 12.1. The number of rotatable bonds is 4. The molecule has 2 N–H and O–H groups in total. The van der Waals surface area contributed by atoms with Crippen molar-refractivity contribution in [1.82, 2.24) is 14.9 Å². The first-order chi connectivity index (χ1) is 19.5. The molecule has 2 aromatic rings. The summed E-state index contributed by atoms with van der Waals surface area (Å²) in [4.78, 5) is 14.4. The third-order valence-electron chi connectivity index (χ3n) is 9.67. The summed E-state index contributed by atoms with van der Waals surface area (Å²) < 4.78 is 33.2. The lowest BCUT2D eigenvalue weighted by atomic mass is 9.72. The molecule has 3 fully saturated rings. The number of nitrogens with zero attached hydrogens (tertiary/aromatic N) is 5. The van der Waals surface area contributed by atoms with Crippen LogP contribution < -0.4 is 15.4 Å². The smallest absolute Gasteiger partial charge is 0.318 e. The van der Waals surface area contributed by atoms with Crippen LogP contribution in [0.3, 0.4) is 0 Å². The predicted molar refractivity (Wildman–Crippen MR) is 147 cm³/mol. The maximum atomic E-state index is 14.4. The molecule has 40 heavy (non-hydrogen) atoms. The maximum absolute atomic E-state index is 14.4. The number of nitrogens with two attached hydrogens (primary N) is 1. The fraction of sp³-hybridized carbons (Fsp3) is 0.633. The Hall–Kier alpha value is -3.00. The van der Waals surface area contributed by atoms with Crippen molar-refractivity contribution >= 4 is 11.5 Å². The first-order valence-corrected chi connectivity index (χ1v) is 14.7. The molecule has 3 atom stereocenters. The number of aryl methyl sites for hydroxylation is 1. The Morgan fingerprint density at radius 3 is 2.98 bits per heavy atom. The van der Waals surface area contributed by atoms with Crippen LogP contribution in [0.15, 0.2) is 12.1 Å². The Morgan fingerprint density at radius 1 is 1.15 bits per heavy atom. The van der Waals surface area contributed by atoms with E-state index in [0.29, 0.717) is 56.5 Å². The van der Waals surface area contributed by atoms with E-state index in [-0.39, 0.29) is 5.54 Å². The van der Waals surface area contributed by atoms with E-state index >= 15 is 0 Å². The van der Waals surface area contributed by atoms with E-state index in [4.69, 9.17) is 29.9 Å². The number of ether oxygens (including phenoxy) is 3. The second kappa shape index (κ2) is 10.1. The fourth-order valence-electron chi connectivity index (χ4n) is 7.77. The molecule has 10 heteroatoms. The molecule has 5 aliphatic rings. The maximum Gasteiger partial charge on any atom is 0.318 e. The van der Waals surface area contributed by atoms with Crippen LogP contribution in [-0.2, 0) is 34.5 Å². The number of hydrogen-bond acceptors (Lipinski definition) is 9. The Morgan fingerprint density at radius 2 is 2.08 bits per heavy atom. The lowest BCUT2D eigenvalue weighted by Crippen LogP contribution is -2.44. The highest BCUT2D eigenvalue weighted by Gasteiger charge is 2.50. The molecular weight excluding hydrogens is 511 g/mol. The van der Waals surface area contributed by atoms with Crippen molar-refractivity contribution in [3.8, 4) is 12.1 Å². The van der Waals surface area contributed by atoms with Crippen LogP contribution in [0.5, 0.6) is 6.01 Å². The summed E-state index contributed by atoms with van der Waals surface area (Å²) in [5.74, 6) is 0.833. The Labute approximate surface area is 234 Å². The van der Waals surface area contributed by atoms with Crippen LogP contribution in [0.4, 0.5) is 15.9 Å². The summed E-state index contributed by atoms with van der Waals surface area (Å²) in [7, 11) is 0. The molecule has 0 amide bonds. The van der Waals surface area contributed by atoms with Gasteiger partial charge >= 0.3 is 6.01 Å². The topological polar surface area (TPSA) is 110 Å². The van der Waals surface area contributed by atoms with Gasteiger partial charge in [-0.1, -0.05) is 6.07 Å². The molecule has 1 aliphatic carbocycles. The predicted octanol–water partition coefficient (Wildman–Crippen LogP) is 3.42. The molecule has 4 aliphatic heterocycles. The average molecular weight is 549 g/mol. The van der Waals surface area contributed by atoms with Gasteiger partial charge in [0.05, 0.1) is 30.0 Å². The van der Waals surface area contributed by atoms with Crippen molar-refractivity contribution < 1.29 is 18.6 Å². The van der Waals surface area contributed by atoms with Crippen LogP contribution in [0.25, 0.3) is 0 Å². The van der Waals surface area contributed by atoms with Crippen molar-refractivity contribution in [2.45, 2.75) is 75.3 Å². The highest BCUT2D eigenvalue weighted by Crippen LogP contribution is 2.48. The summed E-state index contributed by atoms with van der Waals surface area (Å²) in [6, 6.07) is 6.56. The lowest BCUT2D eigenvalue weighted by molar-refractivity contribution is -0.0857. The second-order valence-corrected chi connectivity index (χ2v) is 12.1. The van der Waals surface area contributed by atoms with E-state index in [1.807, 2.05) is 12.1 Å². The molecule has 3 saturated heterocycles. The van der Waals surface area contributed by atoms with Gasteiger partial charge in [-0.15, -0.1) is 0 Å². The van der Waals surface area contributed by atoms with E-state index in [9.17, 15) is 9.65 Å². The summed E-state index contributed by atoms with van der Waals surface area (Å²) >= 11 is 0. The van der Waals surface area contributed by atoms with Gasteiger partial charge < -0.3 is 24.8 Å². The standard InChI is InChI=1S/C30H37FN6O3/c31-21-14-29(7-2-10-37(29)17-21)19-39-28-34-25-15-30(8-1-4-20-5-6-24(33)22(16-32)26(20)30)40-18-23(25)27(35-28)36-9-3-12-38-13-11-36/h5-6,21H,1-4,7-15,17-19,33H2/t21?,29-,30+/m0/s1. The minimum atomic E-state index is -0.814. The molecule has 0 radical (unpaired) electrons. The molecule has 1 spiro atoms. The van der Waals surface area contributed by atoms with Crippen LogP contribution in [0.1, 0.15) is 66.5 Å². The molecule has 212 valence electrons. The van der Waals surface area contributed by atoms with Crippen LogP contribution in [-0.4, -0.2) is 72.6 Å². The third-order valence-corrected chi connectivity index (χ3v) is 9.67. The number of nitrogen functional groups attached to an aromatic ring is 1. The molecule has 0 saturated carbocycles. The molecule has 9 nitrogen and oxygen atoms in total. The summed E-state index contributed by atoms with van der Waals surface area (Å²) in [5.41, 5.74) is 10.2. The Kier molecular flexibility index (Phi) is 6.56. The van der Waals surface area contributed by atoms with E-state index < -0.39 is 11.8 Å². The Bertz CT molecular complexity index is 1340. The first-order valence-electron chi connectivity index (χ1n) is 14.7. The Balaban J connectivity index is 1.27. The normalized spacial score (nSPS) is 29.9. The van der Waals surface area contributed by atoms with Gasteiger partial charge in [-0.05, 0) is 56.7 Å². The van der Waals surface area contributed by atoms with Crippen LogP contribution in [0.2, 0.25) is 0 Å². The SMILES string of the molecule is N#Cc1c(N)ccc2c1[C@@]1(CCC2)Cc2nc(OC[C@@]34CCCN3CC(F)C4)nc(N3CCCOCC3)c2CO1.